The number of nitrogens with zero attached hydrogens (tertiary/aromatic N) is 1. The van der Waals surface area contributed by atoms with Gasteiger partial charge in [0.15, 0.2) is 0 Å². The minimum absolute atomic E-state index is 0.138. The second-order valence-electron chi connectivity index (χ2n) is 9.60. The van der Waals surface area contributed by atoms with Crippen molar-refractivity contribution in [2.45, 2.75) is 64.5 Å². The zero-order valence-corrected chi connectivity index (χ0v) is 19.0. The van der Waals surface area contributed by atoms with E-state index < -0.39 is 0 Å². The first-order valence-electron chi connectivity index (χ1n) is 10.7. The van der Waals surface area contributed by atoms with E-state index in [2.05, 4.69) is 22.5 Å². The average Bonchev–Trinajstić information content (AvgIpc) is 2.85. The van der Waals surface area contributed by atoms with Gasteiger partial charge < -0.3 is 15.4 Å². The van der Waals surface area contributed by atoms with Crippen molar-refractivity contribution < 1.29 is 14.3 Å². The lowest BCUT2D eigenvalue weighted by atomic mass is 9.73. The van der Waals surface area contributed by atoms with Gasteiger partial charge in [-0.2, -0.15) is 0 Å². The minimum atomic E-state index is -0.375. The molecule has 0 radical (unpaired) electrons. The van der Waals surface area contributed by atoms with Gasteiger partial charge in [0.05, 0.1) is 12.5 Å². The molecule has 2 N–H and O–H groups in total. The van der Waals surface area contributed by atoms with Gasteiger partial charge in [-0.15, -0.1) is 0 Å². The third kappa shape index (κ3) is 4.85. The first-order valence-corrected chi connectivity index (χ1v) is 11.0. The molecule has 2 bridgehead atoms. The van der Waals surface area contributed by atoms with E-state index in [1.807, 2.05) is 32.9 Å². The van der Waals surface area contributed by atoms with Gasteiger partial charge in [0.1, 0.15) is 11.4 Å². The third-order valence-electron chi connectivity index (χ3n) is 5.89. The first-order chi connectivity index (χ1) is 14.6. The molecule has 1 unspecified atom stereocenters. The summed E-state index contributed by atoms with van der Waals surface area (Å²) in [5.74, 6) is 1.28. The average molecular weight is 442 g/mol. The van der Waals surface area contributed by atoms with E-state index >= 15 is 0 Å². The molecule has 5 rings (SSSR count). The number of pyridine rings is 1. The number of amides is 2. The second kappa shape index (κ2) is 8.15. The lowest BCUT2D eigenvalue weighted by Crippen LogP contribution is -2.40. The number of carbonyl (C=O) groups is 2. The molecule has 1 saturated carbocycles. The monoisotopic (exact) mass is 441 g/mol. The molecule has 3 aliphatic rings. The van der Waals surface area contributed by atoms with Gasteiger partial charge in [-0.1, -0.05) is 18.5 Å². The fourth-order valence-electron chi connectivity index (χ4n) is 4.23. The van der Waals surface area contributed by atoms with Crippen LogP contribution in [-0.4, -0.2) is 28.4 Å². The Morgan fingerprint density at radius 1 is 1.23 bits per heavy atom. The van der Waals surface area contributed by atoms with Crippen LogP contribution >= 0.6 is 11.6 Å². The van der Waals surface area contributed by atoms with Crippen molar-refractivity contribution in [2.24, 2.45) is 5.92 Å². The summed E-state index contributed by atoms with van der Waals surface area (Å²) in [5.41, 5.74) is 2.27. The highest BCUT2D eigenvalue weighted by atomic mass is 35.5. The molecular formula is C24H28ClN3O3. The number of anilines is 1. The fraction of sp³-hybridized carbons (Fsp3) is 0.458. The Kier molecular flexibility index (Phi) is 5.69. The summed E-state index contributed by atoms with van der Waals surface area (Å²) in [6.45, 7) is 7.90. The minimum Gasteiger partial charge on any atom is -0.490 e. The zero-order valence-electron chi connectivity index (χ0n) is 18.3. The number of hydrogen-bond acceptors (Lipinski definition) is 4. The van der Waals surface area contributed by atoms with E-state index in [1.54, 1.807) is 12.1 Å². The number of hydrogen-bond donors (Lipinski definition) is 2. The molecular weight excluding hydrogens is 414 g/mol. The van der Waals surface area contributed by atoms with Crippen molar-refractivity contribution in [2.75, 3.05) is 5.32 Å². The van der Waals surface area contributed by atoms with Crippen LogP contribution in [-0.2, 0) is 11.2 Å². The summed E-state index contributed by atoms with van der Waals surface area (Å²) >= 11 is 6.37. The van der Waals surface area contributed by atoms with E-state index in [0.29, 0.717) is 22.5 Å². The number of halogens is 1. The van der Waals surface area contributed by atoms with Gasteiger partial charge in [0, 0.05) is 28.0 Å². The smallest absolute Gasteiger partial charge is 0.270 e. The predicted octanol–water partition coefficient (Wildman–Crippen LogP) is 4.72. The van der Waals surface area contributed by atoms with Crippen LogP contribution in [0.5, 0.6) is 5.75 Å². The Balaban J connectivity index is 1.50. The van der Waals surface area contributed by atoms with Gasteiger partial charge in [-0.05, 0) is 75.3 Å². The molecule has 31 heavy (non-hydrogen) atoms. The predicted molar refractivity (Wildman–Crippen MR) is 121 cm³/mol. The fourth-order valence-corrected chi connectivity index (χ4v) is 4.48. The maximum absolute atomic E-state index is 12.8. The summed E-state index contributed by atoms with van der Waals surface area (Å²) in [5, 5.41) is 6.35. The molecule has 0 saturated heterocycles. The Hall–Kier alpha value is -2.60. The second-order valence-corrected chi connectivity index (χ2v) is 10.0. The van der Waals surface area contributed by atoms with Gasteiger partial charge in [0.25, 0.3) is 5.91 Å². The molecule has 0 spiro atoms. The molecule has 1 atom stereocenters. The molecule has 164 valence electrons. The first kappa shape index (κ1) is 21.6. The number of rotatable bonds is 4. The molecule has 1 fully saturated rings. The van der Waals surface area contributed by atoms with Crippen molar-refractivity contribution in [3.8, 4) is 5.75 Å². The van der Waals surface area contributed by atoms with E-state index in [-0.39, 0.29) is 35.6 Å². The standard InChI is InChI=1S/C24H28ClN3O3/c1-13-14-8-18(9-14)31-22-15(7-16(25)11-19(13)22)10-21(29)27-17-5-6-26-20(12-17)23(30)28-24(2,3)4/h5-7,11-14,18H,8-10H2,1-4H3,(H,28,30)(H,26,27,29). The lowest BCUT2D eigenvalue weighted by molar-refractivity contribution is -0.115. The van der Waals surface area contributed by atoms with E-state index in [0.717, 1.165) is 29.7 Å². The number of nitrogens with one attached hydrogen (secondary N) is 2. The SMILES string of the molecule is CC1c2cc(Cl)cc(CC(=O)Nc3ccnc(C(=O)NC(C)(C)C)c3)c2OC2CC1C2. The maximum Gasteiger partial charge on any atom is 0.270 e. The highest BCUT2D eigenvalue weighted by Gasteiger charge is 2.40. The van der Waals surface area contributed by atoms with Crippen LogP contribution in [0.4, 0.5) is 5.69 Å². The van der Waals surface area contributed by atoms with Gasteiger partial charge >= 0.3 is 0 Å². The van der Waals surface area contributed by atoms with Crippen LogP contribution in [0, 0.1) is 5.92 Å². The molecule has 1 aromatic carbocycles. The Bertz CT molecular complexity index is 1030. The van der Waals surface area contributed by atoms with Crippen LogP contribution in [0.2, 0.25) is 5.02 Å². The van der Waals surface area contributed by atoms with E-state index in [9.17, 15) is 9.59 Å². The largest absolute Gasteiger partial charge is 0.490 e. The van der Waals surface area contributed by atoms with Crippen LogP contribution in [0.25, 0.3) is 0 Å². The Labute approximate surface area is 187 Å². The van der Waals surface area contributed by atoms with Crippen molar-refractivity contribution in [1.82, 2.24) is 10.3 Å². The topological polar surface area (TPSA) is 80.3 Å². The van der Waals surface area contributed by atoms with Crippen LogP contribution < -0.4 is 15.4 Å². The van der Waals surface area contributed by atoms with Gasteiger partial charge in [0.2, 0.25) is 5.91 Å². The van der Waals surface area contributed by atoms with Crippen molar-refractivity contribution in [1.29, 1.82) is 0 Å². The summed E-state index contributed by atoms with van der Waals surface area (Å²) < 4.78 is 6.23. The third-order valence-corrected chi connectivity index (χ3v) is 6.11. The summed E-state index contributed by atoms with van der Waals surface area (Å²) in [6.07, 6.45) is 3.97. The zero-order chi connectivity index (χ0) is 22.3. The Morgan fingerprint density at radius 2 is 1.97 bits per heavy atom. The molecule has 1 aromatic heterocycles. The molecule has 6 nitrogen and oxygen atoms in total. The number of benzene rings is 1. The molecule has 7 heteroatoms. The highest BCUT2D eigenvalue weighted by molar-refractivity contribution is 6.30. The molecule has 2 aliphatic heterocycles. The Morgan fingerprint density at radius 3 is 2.68 bits per heavy atom. The normalized spacial score (nSPS) is 21.8. The maximum atomic E-state index is 12.8. The van der Waals surface area contributed by atoms with E-state index in [4.69, 9.17) is 16.3 Å². The molecule has 3 heterocycles. The van der Waals surface area contributed by atoms with Crippen LogP contribution in [0.1, 0.15) is 68.1 Å². The summed E-state index contributed by atoms with van der Waals surface area (Å²) in [4.78, 5) is 29.3. The summed E-state index contributed by atoms with van der Waals surface area (Å²) in [7, 11) is 0. The van der Waals surface area contributed by atoms with Crippen molar-refractivity contribution in [3.05, 3.63) is 52.3 Å². The summed E-state index contributed by atoms with van der Waals surface area (Å²) in [6, 6.07) is 7.01. The van der Waals surface area contributed by atoms with Crippen LogP contribution in [0.3, 0.4) is 0 Å². The molecule has 1 aliphatic carbocycles. The number of carbonyl (C=O) groups excluding carboxylic acids is 2. The van der Waals surface area contributed by atoms with Crippen molar-refractivity contribution >= 4 is 29.1 Å². The molecule has 2 amide bonds. The quantitative estimate of drug-likeness (QED) is 0.719. The lowest BCUT2D eigenvalue weighted by Gasteiger charge is -2.34. The van der Waals surface area contributed by atoms with E-state index in [1.165, 1.54) is 6.20 Å². The van der Waals surface area contributed by atoms with Crippen molar-refractivity contribution in [3.63, 3.8) is 0 Å². The van der Waals surface area contributed by atoms with Crippen LogP contribution in [0.15, 0.2) is 30.5 Å². The van der Waals surface area contributed by atoms with Gasteiger partial charge in [-0.25, -0.2) is 0 Å². The number of aromatic nitrogens is 1. The number of ether oxygens (including phenoxy) is 1. The molecule has 2 aromatic rings. The van der Waals surface area contributed by atoms with Gasteiger partial charge in [-0.3, -0.25) is 14.6 Å². The highest BCUT2D eigenvalue weighted by Crippen LogP contribution is 2.49.